The van der Waals surface area contributed by atoms with Gasteiger partial charge in [-0.15, -0.1) is 11.8 Å². The van der Waals surface area contributed by atoms with Gasteiger partial charge in [0.2, 0.25) is 5.91 Å². The van der Waals surface area contributed by atoms with Crippen LogP contribution in [0.2, 0.25) is 0 Å². The number of thioether (sulfide) groups is 1. The van der Waals surface area contributed by atoms with Crippen molar-refractivity contribution in [1.29, 1.82) is 0 Å². The van der Waals surface area contributed by atoms with Crippen LogP contribution in [0.4, 0.5) is 0 Å². The van der Waals surface area contributed by atoms with Gasteiger partial charge < -0.3 is 10.4 Å². The molecule has 0 radical (unpaired) electrons. The molecule has 2 aromatic rings. The van der Waals surface area contributed by atoms with Crippen molar-refractivity contribution in [1.82, 2.24) is 14.7 Å². The maximum atomic E-state index is 11.0. The fourth-order valence-electron chi connectivity index (χ4n) is 1.63. The maximum Gasteiger partial charge on any atom is 0.327 e. The number of nitrogens with zero attached hydrogens (tertiary/aromatic N) is 2. The molecule has 7 heteroatoms. The minimum atomic E-state index is -1.04. The molecule has 100 valence electrons. The first-order valence-electron chi connectivity index (χ1n) is 5.62. The molecule has 0 aliphatic heterocycles. The van der Waals surface area contributed by atoms with Gasteiger partial charge in [-0.05, 0) is 12.1 Å². The zero-order valence-electron chi connectivity index (χ0n) is 10.2. The molecule has 0 saturated heterocycles. The van der Waals surface area contributed by atoms with Gasteiger partial charge in [0.25, 0.3) is 0 Å². The van der Waals surface area contributed by atoms with Gasteiger partial charge in [0.1, 0.15) is 11.7 Å². The van der Waals surface area contributed by atoms with Crippen LogP contribution in [-0.4, -0.2) is 38.2 Å². The number of carboxylic acids is 1. The summed E-state index contributed by atoms with van der Waals surface area (Å²) in [4.78, 5) is 26.1. The van der Waals surface area contributed by atoms with E-state index in [9.17, 15) is 9.59 Å². The number of carboxylic acid groups (broad SMARTS) is 1. The molecule has 1 atom stereocenters. The third-order valence-corrected chi connectivity index (χ3v) is 3.59. The first-order chi connectivity index (χ1) is 9.08. The molecule has 0 saturated carbocycles. The summed E-state index contributed by atoms with van der Waals surface area (Å²) in [6.45, 7) is 1.30. The van der Waals surface area contributed by atoms with Crippen LogP contribution < -0.4 is 5.32 Å². The topological polar surface area (TPSA) is 83.7 Å². The molecule has 19 heavy (non-hydrogen) atoms. The van der Waals surface area contributed by atoms with Crippen molar-refractivity contribution >= 4 is 29.3 Å². The van der Waals surface area contributed by atoms with E-state index in [4.69, 9.17) is 5.11 Å². The van der Waals surface area contributed by atoms with Crippen molar-refractivity contribution in [3.63, 3.8) is 0 Å². The van der Waals surface area contributed by atoms with Crippen LogP contribution in [0.5, 0.6) is 0 Å². The Hall–Kier alpha value is -2.02. The minimum absolute atomic E-state index is 0.256. The predicted molar refractivity (Wildman–Crippen MR) is 71.2 cm³/mol. The lowest BCUT2D eigenvalue weighted by molar-refractivity contribution is -0.140. The molecule has 0 bridgehead atoms. The number of fused-ring (bicyclic) bond motifs is 1. The van der Waals surface area contributed by atoms with E-state index in [-0.39, 0.29) is 11.7 Å². The molecule has 0 aliphatic carbocycles. The smallest absolute Gasteiger partial charge is 0.327 e. The van der Waals surface area contributed by atoms with E-state index in [1.165, 1.54) is 18.7 Å². The standard InChI is InChI=1S/C12H13N3O3S/c1-8(16)14-9(12(17)18)7-19-11-4-2-3-10-13-5-6-15(10)11/h2-6,9H,7H2,1H3,(H,14,16)(H,17,18)/t9-/m0/s1. The van der Waals surface area contributed by atoms with E-state index in [2.05, 4.69) is 10.3 Å². The summed E-state index contributed by atoms with van der Waals surface area (Å²) >= 11 is 1.36. The molecule has 2 aromatic heterocycles. The number of carbonyl (C=O) groups is 2. The van der Waals surface area contributed by atoms with Gasteiger partial charge in [-0.3, -0.25) is 9.20 Å². The lowest BCUT2D eigenvalue weighted by Gasteiger charge is -2.13. The van der Waals surface area contributed by atoms with Crippen LogP contribution in [-0.2, 0) is 9.59 Å². The van der Waals surface area contributed by atoms with Crippen molar-refractivity contribution < 1.29 is 14.7 Å². The Morgan fingerprint density at radius 1 is 1.53 bits per heavy atom. The monoisotopic (exact) mass is 279 g/mol. The molecule has 2 heterocycles. The van der Waals surface area contributed by atoms with Crippen LogP contribution in [0.3, 0.4) is 0 Å². The van der Waals surface area contributed by atoms with E-state index in [1.807, 2.05) is 28.8 Å². The van der Waals surface area contributed by atoms with E-state index >= 15 is 0 Å². The Balaban J connectivity index is 2.10. The Bertz CT molecular complexity index is 611. The molecule has 2 rings (SSSR count). The van der Waals surface area contributed by atoms with Crippen LogP contribution in [0.25, 0.3) is 5.65 Å². The number of nitrogens with one attached hydrogen (secondary N) is 1. The highest BCUT2D eigenvalue weighted by molar-refractivity contribution is 7.99. The number of carbonyl (C=O) groups excluding carboxylic acids is 1. The Labute approximate surface area is 113 Å². The summed E-state index contributed by atoms with van der Waals surface area (Å²) in [5.41, 5.74) is 0.802. The van der Waals surface area contributed by atoms with Gasteiger partial charge in [-0.1, -0.05) is 6.07 Å². The highest BCUT2D eigenvalue weighted by Gasteiger charge is 2.18. The minimum Gasteiger partial charge on any atom is -0.480 e. The van der Waals surface area contributed by atoms with Gasteiger partial charge in [-0.25, -0.2) is 9.78 Å². The summed E-state index contributed by atoms with van der Waals surface area (Å²) in [6, 6.07) is 4.71. The second-order valence-corrected chi connectivity index (χ2v) is 4.96. The molecule has 0 fully saturated rings. The Kier molecular flexibility index (Phi) is 4.06. The number of hydrogen-bond donors (Lipinski definition) is 2. The number of hydrogen-bond acceptors (Lipinski definition) is 4. The number of pyridine rings is 1. The van der Waals surface area contributed by atoms with Crippen molar-refractivity contribution in [3.05, 3.63) is 30.6 Å². The number of aliphatic carboxylic acids is 1. The second kappa shape index (κ2) is 5.75. The molecule has 0 spiro atoms. The fraction of sp³-hybridized carbons (Fsp3) is 0.250. The quantitative estimate of drug-likeness (QED) is 0.798. The van der Waals surface area contributed by atoms with Crippen molar-refractivity contribution in [2.45, 2.75) is 18.0 Å². The summed E-state index contributed by atoms with van der Waals surface area (Å²) in [5, 5.41) is 12.3. The molecule has 0 unspecified atom stereocenters. The average Bonchev–Trinajstić information content (AvgIpc) is 2.82. The fourth-order valence-corrected chi connectivity index (χ4v) is 2.66. The normalized spacial score (nSPS) is 12.3. The van der Waals surface area contributed by atoms with Crippen LogP contribution >= 0.6 is 11.8 Å². The number of aromatic nitrogens is 2. The first kappa shape index (κ1) is 13.4. The van der Waals surface area contributed by atoms with Crippen molar-refractivity contribution in [2.24, 2.45) is 0 Å². The molecule has 0 aliphatic rings. The second-order valence-electron chi connectivity index (χ2n) is 3.92. The Morgan fingerprint density at radius 2 is 2.32 bits per heavy atom. The third-order valence-electron chi connectivity index (χ3n) is 2.46. The molecule has 2 N–H and O–H groups in total. The molecule has 1 amide bonds. The number of rotatable bonds is 5. The number of imidazole rings is 1. The zero-order chi connectivity index (χ0) is 13.8. The molecule has 0 aromatic carbocycles. The van der Waals surface area contributed by atoms with Gasteiger partial charge in [0, 0.05) is 25.1 Å². The van der Waals surface area contributed by atoms with E-state index in [0.717, 1.165) is 10.7 Å². The third kappa shape index (κ3) is 3.25. The van der Waals surface area contributed by atoms with Gasteiger partial charge in [0.05, 0.1) is 5.03 Å². The SMILES string of the molecule is CC(=O)N[C@@H](CSc1cccc2nccn12)C(=O)O. The zero-order valence-corrected chi connectivity index (χ0v) is 11.1. The summed E-state index contributed by atoms with van der Waals surface area (Å²) < 4.78 is 1.87. The maximum absolute atomic E-state index is 11.0. The van der Waals surface area contributed by atoms with E-state index in [1.54, 1.807) is 6.20 Å². The van der Waals surface area contributed by atoms with Crippen LogP contribution in [0, 0.1) is 0 Å². The lowest BCUT2D eigenvalue weighted by Crippen LogP contribution is -2.41. The lowest BCUT2D eigenvalue weighted by atomic mass is 10.3. The van der Waals surface area contributed by atoms with E-state index in [0.29, 0.717) is 0 Å². The van der Waals surface area contributed by atoms with Gasteiger partial charge in [-0.2, -0.15) is 0 Å². The van der Waals surface area contributed by atoms with Crippen LogP contribution in [0.1, 0.15) is 6.92 Å². The summed E-state index contributed by atoms with van der Waals surface area (Å²) in [6.07, 6.45) is 3.49. The highest BCUT2D eigenvalue weighted by atomic mass is 32.2. The summed E-state index contributed by atoms with van der Waals surface area (Å²) in [5.74, 6) is -1.14. The molecular formula is C12H13N3O3S. The van der Waals surface area contributed by atoms with Crippen molar-refractivity contribution in [2.75, 3.05) is 5.75 Å². The Morgan fingerprint density at radius 3 is 3.00 bits per heavy atom. The van der Waals surface area contributed by atoms with Gasteiger partial charge in [0.15, 0.2) is 0 Å². The predicted octanol–water partition coefficient (Wildman–Crippen LogP) is 1.02. The van der Waals surface area contributed by atoms with Gasteiger partial charge >= 0.3 is 5.97 Å². The largest absolute Gasteiger partial charge is 0.480 e. The first-order valence-corrected chi connectivity index (χ1v) is 6.61. The molecule has 6 nitrogen and oxygen atoms in total. The van der Waals surface area contributed by atoms with Crippen LogP contribution in [0.15, 0.2) is 35.6 Å². The summed E-state index contributed by atoms with van der Waals surface area (Å²) in [7, 11) is 0. The highest BCUT2D eigenvalue weighted by Crippen LogP contribution is 2.20. The number of amides is 1. The van der Waals surface area contributed by atoms with E-state index < -0.39 is 12.0 Å². The molecular weight excluding hydrogens is 266 g/mol. The average molecular weight is 279 g/mol. The van der Waals surface area contributed by atoms with Crippen molar-refractivity contribution in [3.8, 4) is 0 Å².